The van der Waals surface area contributed by atoms with Crippen LogP contribution in [0, 0.1) is 0 Å². The lowest BCUT2D eigenvalue weighted by Gasteiger charge is -2.40. The molecule has 3 heterocycles. The molecule has 3 aliphatic heterocycles. The topological polar surface area (TPSA) is 29.1 Å². The van der Waals surface area contributed by atoms with E-state index in [0.717, 1.165) is 19.4 Å². The smallest absolute Gasteiger partial charge is 0.0849 e. The van der Waals surface area contributed by atoms with Gasteiger partial charge in [-0.1, -0.05) is 0 Å². The first-order valence-electron chi connectivity index (χ1n) is 3.01. The second kappa shape index (κ2) is 1.54. The van der Waals surface area contributed by atoms with Crippen LogP contribution in [0.4, 0.5) is 0 Å². The van der Waals surface area contributed by atoms with E-state index < -0.39 is 10.8 Å². The van der Waals surface area contributed by atoms with E-state index in [9.17, 15) is 4.21 Å². The maximum absolute atomic E-state index is 10.9. The number of nitrogens with one attached hydrogen (secondary N) is 1. The van der Waals surface area contributed by atoms with Crippen molar-refractivity contribution in [3.05, 3.63) is 0 Å². The molecule has 0 saturated carbocycles. The van der Waals surface area contributed by atoms with Crippen LogP contribution in [0.3, 0.4) is 0 Å². The first-order chi connectivity index (χ1) is 3.88. The molecule has 0 spiro atoms. The molecule has 0 amide bonds. The minimum Gasteiger partial charge on any atom is -0.303 e. The highest BCUT2D eigenvalue weighted by Crippen LogP contribution is 2.29. The normalized spacial score (nSPS) is 52.8. The van der Waals surface area contributed by atoms with Crippen molar-refractivity contribution in [1.29, 1.82) is 0 Å². The van der Waals surface area contributed by atoms with E-state index in [4.69, 9.17) is 0 Å². The van der Waals surface area contributed by atoms with E-state index in [-0.39, 0.29) is 0 Å². The molecule has 3 saturated heterocycles. The van der Waals surface area contributed by atoms with Crippen LogP contribution in [0.25, 0.3) is 0 Å². The van der Waals surface area contributed by atoms with Crippen LogP contribution in [0.15, 0.2) is 0 Å². The lowest BCUT2D eigenvalue weighted by Crippen LogP contribution is -2.56. The number of hydrogen-bond donors (Lipinski definition) is 1. The van der Waals surface area contributed by atoms with Gasteiger partial charge in [0.1, 0.15) is 0 Å². The van der Waals surface area contributed by atoms with Crippen LogP contribution in [-0.2, 0) is 10.8 Å². The summed E-state index contributed by atoms with van der Waals surface area (Å²) in [4.78, 5) is 0. The molecule has 2 bridgehead atoms. The molecule has 0 aromatic heterocycles. The highest BCUT2D eigenvalue weighted by molar-refractivity contribution is 7.87. The maximum Gasteiger partial charge on any atom is 0.0849 e. The molecule has 3 fully saturated rings. The van der Waals surface area contributed by atoms with E-state index in [2.05, 4.69) is 5.32 Å². The SMILES string of the molecule is O=S1C2CCNC1C2. The molecule has 0 aliphatic carbocycles. The Morgan fingerprint density at radius 3 is 2.75 bits per heavy atom. The van der Waals surface area contributed by atoms with Crippen molar-refractivity contribution < 1.29 is 4.21 Å². The van der Waals surface area contributed by atoms with Crippen molar-refractivity contribution in [2.75, 3.05) is 6.54 Å². The van der Waals surface area contributed by atoms with Gasteiger partial charge in [-0.05, 0) is 19.4 Å². The summed E-state index contributed by atoms with van der Waals surface area (Å²) in [5.41, 5.74) is 0. The Balaban J connectivity index is 2.13. The van der Waals surface area contributed by atoms with E-state index in [0.29, 0.717) is 10.6 Å². The third-order valence-electron chi connectivity index (χ3n) is 1.92. The molecule has 3 heteroatoms. The monoisotopic (exact) mass is 131 g/mol. The lowest BCUT2D eigenvalue weighted by molar-refractivity contribution is 0.431. The lowest BCUT2D eigenvalue weighted by atomic mass is 10.1. The number of fused-ring (bicyclic) bond motifs is 2. The zero-order chi connectivity index (χ0) is 5.56. The van der Waals surface area contributed by atoms with E-state index in [1.165, 1.54) is 0 Å². The molecular weight excluding hydrogens is 122 g/mol. The quantitative estimate of drug-likeness (QED) is 0.494. The minimum atomic E-state index is -0.499. The van der Waals surface area contributed by atoms with Crippen LogP contribution >= 0.6 is 0 Å². The molecule has 0 aromatic rings. The maximum atomic E-state index is 10.9. The summed E-state index contributed by atoms with van der Waals surface area (Å²) in [7, 11) is -0.499. The second-order valence-electron chi connectivity index (χ2n) is 2.42. The van der Waals surface area contributed by atoms with E-state index in [1.807, 2.05) is 0 Å². The molecule has 46 valence electrons. The molecular formula is C5H9NOS. The van der Waals surface area contributed by atoms with Gasteiger partial charge in [0.05, 0.1) is 5.37 Å². The summed E-state index contributed by atoms with van der Waals surface area (Å²) in [6.45, 7) is 1.08. The van der Waals surface area contributed by atoms with Gasteiger partial charge in [-0.25, -0.2) is 0 Å². The predicted molar refractivity (Wildman–Crippen MR) is 33.0 cm³/mol. The Labute approximate surface area is 51.1 Å². The molecule has 3 atom stereocenters. The molecule has 1 N–H and O–H groups in total. The standard InChI is InChI=1S/C5H9NOS/c7-8-4-1-2-6-5(8)3-4/h4-6H,1-3H2. The molecule has 8 heavy (non-hydrogen) atoms. The Kier molecular flexibility index (Phi) is 0.954. The Hall–Kier alpha value is 0.110. The Morgan fingerprint density at radius 2 is 2.50 bits per heavy atom. The van der Waals surface area contributed by atoms with Gasteiger partial charge >= 0.3 is 0 Å². The van der Waals surface area contributed by atoms with Crippen molar-refractivity contribution in [2.45, 2.75) is 23.5 Å². The summed E-state index contributed by atoms with van der Waals surface area (Å²) in [6.07, 6.45) is 2.29. The first-order valence-corrected chi connectivity index (χ1v) is 4.28. The van der Waals surface area contributed by atoms with Crippen LogP contribution in [-0.4, -0.2) is 21.4 Å². The van der Waals surface area contributed by atoms with Gasteiger partial charge in [-0.3, -0.25) is 4.21 Å². The van der Waals surface area contributed by atoms with Gasteiger partial charge in [0.15, 0.2) is 0 Å². The molecule has 3 unspecified atom stereocenters. The van der Waals surface area contributed by atoms with Gasteiger partial charge < -0.3 is 5.32 Å². The molecule has 0 radical (unpaired) electrons. The highest BCUT2D eigenvalue weighted by atomic mass is 32.2. The highest BCUT2D eigenvalue weighted by Gasteiger charge is 2.40. The first kappa shape index (κ1) is 4.94. The van der Waals surface area contributed by atoms with E-state index >= 15 is 0 Å². The summed E-state index contributed by atoms with van der Waals surface area (Å²) in [5, 5.41) is 4.12. The average Bonchev–Trinajstić information content (AvgIpc) is 1.89. The third kappa shape index (κ3) is 0.486. The fourth-order valence-corrected chi connectivity index (χ4v) is 2.89. The zero-order valence-electron chi connectivity index (χ0n) is 4.59. The number of rotatable bonds is 0. The predicted octanol–water partition coefficient (Wildman–Crippen LogP) is -0.173. The summed E-state index contributed by atoms with van der Waals surface area (Å²) >= 11 is 0. The fourth-order valence-electron chi connectivity index (χ4n) is 1.34. The minimum absolute atomic E-state index is 0.369. The average molecular weight is 131 g/mol. The largest absolute Gasteiger partial charge is 0.303 e. The number of piperidine rings is 1. The van der Waals surface area contributed by atoms with Crippen LogP contribution in [0.1, 0.15) is 12.8 Å². The van der Waals surface area contributed by atoms with Gasteiger partial charge in [-0.2, -0.15) is 0 Å². The van der Waals surface area contributed by atoms with Crippen LogP contribution in [0.2, 0.25) is 0 Å². The second-order valence-corrected chi connectivity index (χ2v) is 4.31. The van der Waals surface area contributed by atoms with Crippen molar-refractivity contribution in [3.63, 3.8) is 0 Å². The Bertz CT molecular complexity index is 120. The van der Waals surface area contributed by atoms with Gasteiger partial charge in [-0.15, -0.1) is 0 Å². The fraction of sp³-hybridized carbons (Fsp3) is 1.00. The van der Waals surface area contributed by atoms with Crippen LogP contribution in [0.5, 0.6) is 0 Å². The van der Waals surface area contributed by atoms with Gasteiger partial charge in [0.25, 0.3) is 0 Å². The number of hydrogen-bond acceptors (Lipinski definition) is 2. The Morgan fingerprint density at radius 1 is 1.62 bits per heavy atom. The molecule has 2 nitrogen and oxygen atoms in total. The van der Waals surface area contributed by atoms with Gasteiger partial charge in [0, 0.05) is 16.0 Å². The zero-order valence-corrected chi connectivity index (χ0v) is 5.41. The molecule has 3 rings (SSSR count). The summed E-state index contributed by atoms with van der Waals surface area (Å²) in [5.74, 6) is 0. The van der Waals surface area contributed by atoms with Crippen LogP contribution < -0.4 is 5.32 Å². The van der Waals surface area contributed by atoms with E-state index in [1.54, 1.807) is 0 Å². The molecule has 0 aromatic carbocycles. The van der Waals surface area contributed by atoms with Crippen molar-refractivity contribution in [1.82, 2.24) is 5.32 Å². The van der Waals surface area contributed by atoms with Crippen molar-refractivity contribution in [3.8, 4) is 0 Å². The van der Waals surface area contributed by atoms with Gasteiger partial charge in [0.2, 0.25) is 0 Å². The summed E-state index contributed by atoms with van der Waals surface area (Å²) in [6, 6.07) is 0. The third-order valence-corrected chi connectivity index (χ3v) is 3.93. The van der Waals surface area contributed by atoms with Crippen molar-refractivity contribution in [2.24, 2.45) is 0 Å². The van der Waals surface area contributed by atoms with Crippen molar-refractivity contribution >= 4 is 10.8 Å². The summed E-state index contributed by atoms with van der Waals surface area (Å²) < 4.78 is 10.9. The molecule has 3 aliphatic rings.